The Balaban J connectivity index is 2.17. The summed E-state index contributed by atoms with van der Waals surface area (Å²) in [6.07, 6.45) is 1.76. The number of hydrogen-bond donors (Lipinski definition) is 1. The summed E-state index contributed by atoms with van der Waals surface area (Å²) in [5.74, 6) is 0.535. The first-order valence-corrected chi connectivity index (χ1v) is 7.23. The molecule has 0 radical (unpaired) electrons. The Bertz CT molecular complexity index is 716. The summed E-state index contributed by atoms with van der Waals surface area (Å²) >= 11 is 6.74. The predicted molar refractivity (Wildman–Crippen MR) is 81.8 cm³/mol. The second-order valence-electron chi connectivity index (χ2n) is 4.25. The molecule has 1 aromatic carbocycles. The molecule has 0 atom stereocenters. The minimum Gasteiger partial charge on any atom is -0.450 e. The van der Waals surface area contributed by atoms with Crippen LogP contribution in [0.5, 0.6) is 0 Å². The molecule has 0 unspecified atom stereocenters. The zero-order chi connectivity index (χ0) is 13.6. The van der Waals surface area contributed by atoms with Crippen LogP contribution in [0, 0.1) is 6.92 Å². The molecule has 0 aliphatic carbocycles. The third kappa shape index (κ3) is 2.17. The number of nitrogens with one attached hydrogen (secondary N) is 1. The number of anilines is 1. The minimum atomic E-state index is -0.108. The number of fused-ring (bicyclic) bond motifs is 1. The highest BCUT2D eigenvalue weighted by Gasteiger charge is 2.26. The molecular formula is C14H9Br2NO2. The molecule has 1 aliphatic heterocycles. The van der Waals surface area contributed by atoms with Crippen LogP contribution in [0.25, 0.3) is 11.6 Å². The van der Waals surface area contributed by atoms with Crippen molar-refractivity contribution in [2.24, 2.45) is 0 Å². The molecule has 1 aliphatic rings. The fourth-order valence-corrected chi connectivity index (χ4v) is 2.78. The largest absolute Gasteiger partial charge is 0.450 e. The molecule has 0 saturated heterocycles. The summed E-state index contributed by atoms with van der Waals surface area (Å²) < 4.78 is 7.05. The van der Waals surface area contributed by atoms with Gasteiger partial charge < -0.3 is 9.73 Å². The van der Waals surface area contributed by atoms with Gasteiger partial charge in [-0.25, -0.2) is 0 Å². The molecular weight excluding hydrogens is 374 g/mol. The van der Waals surface area contributed by atoms with Gasteiger partial charge in [0, 0.05) is 15.7 Å². The van der Waals surface area contributed by atoms with E-state index in [9.17, 15) is 4.79 Å². The minimum absolute atomic E-state index is 0.108. The first kappa shape index (κ1) is 12.7. The molecule has 0 spiro atoms. The molecule has 5 heteroatoms. The number of benzene rings is 1. The van der Waals surface area contributed by atoms with Gasteiger partial charge in [0.25, 0.3) is 5.91 Å². The van der Waals surface area contributed by atoms with Crippen LogP contribution in [0.3, 0.4) is 0 Å². The number of amides is 1. The van der Waals surface area contributed by atoms with Gasteiger partial charge in [0.1, 0.15) is 5.76 Å². The molecule has 96 valence electrons. The summed E-state index contributed by atoms with van der Waals surface area (Å²) in [5, 5.41) is 2.86. The molecule has 0 bridgehead atoms. The molecule has 3 rings (SSSR count). The van der Waals surface area contributed by atoms with Crippen molar-refractivity contribution in [1.82, 2.24) is 0 Å². The highest BCUT2D eigenvalue weighted by molar-refractivity contribution is 9.10. The van der Waals surface area contributed by atoms with Crippen LogP contribution >= 0.6 is 31.9 Å². The number of carbonyl (C=O) groups excluding carboxylic acids is 1. The smallest absolute Gasteiger partial charge is 0.256 e. The lowest BCUT2D eigenvalue weighted by atomic mass is 10.0. The van der Waals surface area contributed by atoms with Crippen molar-refractivity contribution in [3.05, 3.63) is 50.3 Å². The Morgan fingerprint density at radius 2 is 2.00 bits per heavy atom. The number of halogens is 2. The van der Waals surface area contributed by atoms with E-state index < -0.39 is 0 Å². The van der Waals surface area contributed by atoms with Crippen LogP contribution in [0.15, 0.2) is 37.8 Å². The van der Waals surface area contributed by atoms with Crippen molar-refractivity contribution in [2.45, 2.75) is 6.92 Å². The van der Waals surface area contributed by atoms with Crippen molar-refractivity contribution >= 4 is 55.1 Å². The first-order chi connectivity index (χ1) is 9.06. The van der Waals surface area contributed by atoms with E-state index in [2.05, 4.69) is 37.2 Å². The third-order valence-electron chi connectivity index (χ3n) is 3.04. The van der Waals surface area contributed by atoms with Crippen LogP contribution in [-0.2, 0) is 4.79 Å². The fourth-order valence-electron chi connectivity index (χ4n) is 2.13. The molecule has 1 aromatic heterocycles. The average molecular weight is 383 g/mol. The number of furan rings is 1. The number of hydrogen-bond acceptors (Lipinski definition) is 2. The summed E-state index contributed by atoms with van der Waals surface area (Å²) in [4.78, 5) is 12.1. The topological polar surface area (TPSA) is 42.2 Å². The van der Waals surface area contributed by atoms with E-state index in [1.54, 1.807) is 12.1 Å². The molecule has 0 saturated carbocycles. The van der Waals surface area contributed by atoms with Crippen LogP contribution < -0.4 is 5.32 Å². The highest BCUT2D eigenvalue weighted by atomic mass is 79.9. The lowest BCUT2D eigenvalue weighted by Gasteiger charge is -2.05. The molecule has 2 heterocycles. The van der Waals surface area contributed by atoms with E-state index in [0.717, 1.165) is 21.3 Å². The van der Waals surface area contributed by atoms with Crippen LogP contribution in [0.1, 0.15) is 16.9 Å². The number of rotatable bonds is 1. The van der Waals surface area contributed by atoms with E-state index in [1.807, 2.05) is 25.1 Å². The molecule has 19 heavy (non-hydrogen) atoms. The van der Waals surface area contributed by atoms with E-state index in [1.165, 1.54) is 0 Å². The molecule has 1 amide bonds. The summed E-state index contributed by atoms with van der Waals surface area (Å²) in [6.45, 7) is 1.98. The second kappa shape index (κ2) is 4.65. The Morgan fingerprint density at radius 1 is 1.21 bits per heavy atom. The predicted octanol–water partition coefficient (Wildman–Crippen LogP) is 4.61. The molecule has 2 aromatic rings. The van der Waals surface area contributed by atoms with Gasteiger partial charge in [-0.3, -0.25) is 4.79 Å². The van der Waals surface area contributed by atoms with Gasteiger partial charge in [-0.15, -0.1) is 0 Å². The third-order valence-corrected chi connectivity index (χ3v) is 4.33. The maximum atomic E-state index is 12.1. The van der Waals surface area contributed by atoms with Crippen molar-refractivity contribution in [1.29, 1.82) is 0 Å². The van der Waals surface area contributed by atoms with Crippen molar-refractivity contribution < 1.29 is 9.21 Å². The highest BCUT2D eigenvalue weighted by Crippen LogP contribution is 2.38. The quantitative estimate of drug-likeness (QED) is 0.732. The molecule has 3 nitrogen and oxygen atoms in total. The Hall–Kier alpha value is -1.33. The fraction of sp³-hybridized carbons (Fsp3) is 0.0714. The normalized spacial score (nSPS) is 15.7. The zero-order valence-electron chi connectivity index (χ0n) is 9.96. The molecule has 1 N–H and O–H groups in total. The van der Waals surface area contributed by atoms with E-state index in [4.69, 9.17) is 4.42 Å². The lowest BCUT2D eigenvalue weighted by Crippen LogP contribution is -2.03. The van der Waals surface area contributed by atoms with Gasteiger partial charge in [-0.1, -0.05) is 15.9 Å². The summed E-state index contributed by atoms with van der Waals surface area (Å²) in [6, 6.07) is 7.44. The van der Waals surface area contributed by atoms with Crippen LogP contribution in [0.4, 0.5) is 5.69 Å². The van der Waals surface area contributed by atoms with E-state index >= 15 is 0 Å². The van der Waals surface area contributed by atoms with Gasteiger partial charge in [-0.05, 0) is 58.8 Å². The van der Waals surface area contributed by atoms with Crippen molar-refractivity contribution in [2.75, 3.05) is 5.32 Å². The second-order valence-corrected chi connectivity index (χ2v) is 5.88. The SMILES string of the molecule is Cc1c(Br)ccc2c1C(=Cc1ccc(Br)o1)C(=O)N2. The maximum absolute atomic E-state index is 12.1. The van der Waals surface area contributed by atoms with Crippen LogP contribution in [0.2, 0.25) is 0 Å². The zero-order valence-corrected chi connectivity index (χ0v) is 13.1. The average Bonchev–Trinajstić information content (AvgIpc) is 2.90. The van der Waals surface area contributed by atoms with E-state index in [0.29, 0.717) is 16.0 Å². The van der Waals surface area contributed by atoms with Crippen molar-refractivity contribution in [3.8, 4) is 0 Å². The molecule has 0 fully saturated rings. The van der Waals surface area contributed by atoms with Gasteiger partial charge in [0.05, 0.1) is 5.57 Å². The first-order valence-electron chi connectivity index (χ1n) is 5.64. The number of carbonyl (C=O) groups is 1. The van der Waals surface area contributed by atoms with Gasteiger partial charge in [-0.2, -0.15) is 0 Å². The summed E-state index contributed by atoms with van der Waals surface area (Å²) in [7, 11) is 0. The Kier molecular flexibility index (Phi) is 3.11. The van der Waals surface area contributed by atoms with Crippen LogP contribution in [-0.4, -0.2) is 5.91 Å². The Morgan fingerprint density at radius 3 is 2.68 bits per heavy atom. The monoisotopic (exact) mass is 381 g/mol. The van der Waals surface area contributed by atoms with Gasteiger partial charge >= 0.3 is 0 Å². The van der Waals surface area contributed by atoms with Gasteiger partial charge in [0.15, 0.2) is 4.67 Å². The lowest BCUT2D eigenvalue weighted by molar-refractivity contribution is -0.110. The summed E-state index contributed by atoms with van der Waals surface area (Å²) in [5.41, 5.74) is 3.41. The Labute approximate surface area is 126 Å². The maximum Gasteiger partial charge on any atom is 0.256 e. The van der Waals surface area contributed by atoms with E-state index in [-0.39, 0.29) is 5.91 Å². The van der Waals surface area contributed by atoms with Gasteiger partial charge in [0.2, 0.25) is 0 Å². The standard InChI is InChI=1S/C14H9Br2NO2/c1-7-10(15)3-4-11-13(7)9(14(18)17-11)6-8-2-5-12(16)19-8/h2-6H,1H3,(H,17,18). The van der Waals surface area contributed by atoms with Crippen molar-refractivity contribution in [3.63, 3.8) is 0 Å².